The van der Waals surface area contributed by atoms with E-state index >= 15 is 0 Å². The molecule has 0 saturated carbocycles. The van der Waals surface area contributed by atoms with Crippen molar-refractivity contribution in [2.24, 2.45) is 0 Å². The average Bonchev–Trinajstić information content (AvgIpc) is 1.36. The second-order valence-corrected chi connectivity index (χ2v) is 35.3. The second-order valence-electron chi connectivity index (χ2n) is 31.5. The number of benzene rings is 13. The van der Waals surface area contributed by atoms with Gasteiger partial charge in [0.05, 0.1) is 34.5 Å². The molecule has 18 rings (SSSR count). The van der Waals surface area contributed by atoms with Crippen LogP contribution in [0.4, 0.5) is 0 Å². The molecule has 5 nitrogen and oxygen atoms in total. The van der Waals surface area contributed by atoms with E-state index < -0.39 is 114 Å². The number of imidazole rings is 1. The van der Waals surface area contributed by atoms with Crippen LogP contribution in [0.5, 0.6) is 11.5 Å². The largest absolute Gasteiger partial charge is 0.510 e. The molecule has 107 heavy (non-hydrogen) atoms. The number of nitrogens with zero attached hydrogens (tertiary/aromatic N) is 4. The Kier molecular flexibility index (Phi) is 13.7. The van der Waals surface area contributed by atoms with Crippen LogP contribution in [-0.4, -0.2) is 22.2 Å². The summed E-state index contributed by atoms with van der Waals surface area (Å²) in [6, 6.07) is 74.8. The molecule has 3 aromatic heterocycles. The number of fused-ring (bicyclic) bond motifs is 11. The summed E-state index contributed by atoms with van der Waals surface area (Å²) >= 11 is 0. The zero-order valence-corrected chi connectivity index (χ0v) is 64.6. The van der Waals surface area contributed by atoms with Crippen LogP contribution in [0.25, 0.3) is 117 Å². The summed E-state index contributed by atoms with van der Waals surface area (Å²) < 4.78 is 137. The van der Waals surface area contributed by atoms with E-state index in [2.05, 4.69) is 256 Å². The SMILES string of the molecule is [2H]c1c([2H])c([2H])c(-c2c([2H])c(-c3cc(C(C)(C)C)cc4c3-[n+]3[c-]n(-c5[c-]c(Oc6[c-]c7c(cc6)c6cc([Si](c8ccccc8)(c8ccccc8)c8ccccc8)ccc6n7-c6cc(C(C)(C)C)ccn6)ccc5)c5cccc(c53)-c3ccccc3-c3cc5c(cc3-4)C(C)(C)CCC5(C)C)c([2H])c(-c3c([2H])c([2H])c([2H])c([2H])c3[2H])c2[2H])c([2H])c1[2H].[Pt]. The van der Waals surface area contributed by atoms with Gasteiger partial charge in [-0.2, -0.15) is 18.2 Å². The molecule has 0 saturated heterocycles. The molecular weight excluding hydrogens is 1500 g/mol. The Morgan fingerprint density at radius 3 is 1.58 bits per heavy atom. The standard InChI is InChI=1S/C100H84N4OSi.Pt/c1-97(2,3)71-50-53-101-94(59-71)104-91-49-47-79(106(76-36-20-13-21-37-76,77-38-22-14-23-39-77)78-40-24-15-25-41-78)62-87(91)82-48-46-75(61-93(82)104)105-74-35-28-34-73(60-74)102-65-103-95-84(70-55-68(66-30-16-11-17-31-66)54-69(56-70)67-32-18-12-19-33-67)57-72(98(4,5)6)58-88(95)86-64-90-89(99(7,8)51-52-100(90,9)10)63-85(86)81-43-27-26-42-80(81)83-44-29-45-92(102)96(83)103;/h11-50,53-59,62-64H,51-52H2,1-10H3;/q-2;/i11D,12D,16D,17D,18D,19D,30D,31D,32D,33D,54D,55D,56D;. The Bertz CT molecular complexity index is 6720. The normalized spacial score (nSPS) is 15.4. The minimum absolute atomic E-state index is 0. The first-order valence-electron chi connectivity index (χ1n) is 42.8. The van der Waals surface area contributed by atoms with Crippen molar-refractivity contribution < 1.29 is 48.2 Å². The molecule has 0 amide bonds. The van der Waals surface area contributed by atoms with Gasteiger partial charge >= 0.3 is 0 Å². The van der Waals surface area contributed by atoms with Crippen molar-refractivity contribution in [1.82, 2.24) is 14.1 Å². The van der Waals surface area contributed by atoms with E-state index in [-0.39, 0.29) is 48.4 Å². The van der Waals surface area contributed by atoms with E-state index in [1.807, 2.05) is 69.9 Å². The number of para-hydroxylation sites is 1. The van der Waals surface area contributed by atoms with Crippen LogP contribution in [0.1, 0.15) is 122 Å². The summed E-state index contributed by atoms with van der Waals surface area (Å²) in [7, 11) is -3.01. The fourth-order valence-electron chi connectivity index (χ4n) is 16.3. The minimum atomic E-state index is -3.01. The van der Waals surface area contributed by atoms with Gasteiger partial charge in [-0.3, -0.25) is 4.57 Å². The summed E-state index contributed by atoms with van der Waals surface area (Å²) in [5.74, 6) is 1.47. The maximum absolute atomic E-state index is 10.8. The molecule has 0 radical (unpaired) electrons. The van der Waals surface area contributed by atoms with Crippen molar-refractivity contribution in [2.45, 2.75) is 104 Å². The number of pyridine rings is 1. The molecule has 4 heterocycles. The first-order chi connectivity index (χ1) is 56.7. The number of aromatic nitrogens is 4. The van der Waals surface area contributed by atoms with Gasteiger partial charge in [-0.25, -0.2) is 4.98 Å². The summed E-state index contributed by atoms with van der Waals surface area (Å²) in [5.41, 5.74) is 9.39. The van der Waals surface area contributed by atoms with Gasteiger partial charge in [0.15, 0.2) is 8.07 Å². The van der Waals surface area contributed by atoms with E-state index in [0.29, 0.717) is 39.5 Å². The number of rotatable bonds is 11. The molecule has 0 fully saturated rings. The van der Waals surface area contributed by atoms with E-state index in [0.717, 1.165) is 85.0 Å². The van der Waals surface area contributed by atoms with Gasteiger partial charge in [-0.05, 0) is 198 Å². The topological polar surface area (TPSA) is 35.9 Å². The predicted molar refractivity (Wildman–Crippen MR) is 442 cm³/mol. The minimum Gasteiger partial charge on any atom is -0.510 e. The van der Waals surface area contributed by atoms with Crippen LogP contribution in [0.15, 0.2) is 303 Å². The smallest absolute Gasteiger partial charge is 0.268 e. The molecule has 0 unspecified atom stereocenters. The van der Waals surface area contributed by atoms with E-state index in [9.17, 15) is 9.60 Å². The molecule has 2 aliphatic rings. The van der Waals surface area contributed by atoms with Crippen LogP contribution < -0.4 is 30.1 Å². The summed E-state index contributed by atoms with van der Waals surface area (Å²) in [6.45, 7) is 21.9. The Balaban J connectivity index is 0.0000103. The van der Waals surface area contributed by atoms with Gasteiger partial charge in [0.1, 0.15) is 5.82 Å². The van der Waals surface area contributed by atoms with Gasteiger partial charge < -0.3 is 13.9 Å². The van der Waals surface area contributed by atoms with Gasteiger partial charge in [-0.15, -0.1) is 29.7 Å². The molecule has 0 spiro atoms. The molecule has 1 aliphatic carbocycles. The van der Waals surface area contributed by atoms with E-state index in [1.165, 1.54) is 26.3 Å². The Morgan fingerprint density at radius 2 is 0.981 bits per heavy atom. The first-order valence-corrected chi connectivity index (χ1v) is 38.3. The Hall–Kier alpha value is -11.0. The number of ether oxygens (including phenoxy) is 1. The van der Waals surface area contributed by atoms with Gasteiger partial charge in [-0.1, -0.05) is 299 Å². The fraction of sp³-hybridized carbons (Fsp3) is 0.160. The van der Waals surface area contributed by atoms with Gasteiger partial charge in [0.2, 0.25) is 0 Å². The fourth-order valence-corrected chi connectivity index (χ4v) is 21.1. The predicted octanol–water partition coefficient (Wildman–Crippen LogP) is 22.2. The summed E-state index contributed by atoms with van der Waals surface area (Å²) in [5, 5.41) is 6.93. The van der Waals surface area contributed by atoms with Crippen LogP contribution in [0.2, 0.25) is 0 Å². The molecule has 1 aliphatic heterocycles. The molecular formula is C100H84N4OPtSi-2. The van der Waals surface area contributed by atoms with Crippen LogP contribution in [0, 0.1) is 18.5 Å². The second kappa shape index (κ2) is 26.5. The van der Waals surface area contributed by atoms with Crippen LogP contribution in [0.3, 0.4) is 0 Å². The molecule has 7 heteroatoms. The first kappa shape index (κ1) is 55.4. The average molecular weight is 1590 g/mol. The van der Waals surface area contributed by atoms with E-state index in [1.54, 1.807) is 0 Å². The third kappa shape index (κ3) is 11.9. The number of hydrogen-bond donors (Lipinski definition) is 0. The van der Waals surface area contributed by atoms with Crippen molar-refractivity contribution in [1.29, 1.82) is 0 Å². The van der Waals surface area contributed by atoms with E-state index in [4.69, 9.17) is 17.9 Å². The molecule has 0 N–H and O–H groups in total. The van der Waals surface area contributed by atoms with Crippen molar-refractivity contribution in [3.8, 4) is 95.5 Å². The molecule has 526 valence electrons. The quantitative estimate of drug-likeness (QED) is 0.0560. The summed E-state index contributed by atoms with van der Waals surface area (Å²) in [4.78, 5) is 5.11. The van der Waals surface area contributed by atoms with Gasteiger partial charge in [0.25, 0.3) is 6.33 Å². The molecule has 0 atom stereocenters. The monoisotopic (exact) mass is 1590 g/mol. The zero-order valence-electron chi connectivity index (χ0n) is 74.3. The van der Waals surface area contributed by atoms with Crippen molar-refractivity contribution >= 4 is 61.7 Å². The maximum atomic E-state index is 10.8. The van der Waals surface area contributed by atoms with Crippen LogP contribution in [-0.2, 0) is 42.7 Å². The van der Waals surface area contributed by atoms with Gasteiger partial charge in [0, 0.05) is 44.3 Å². The van der Waals surface area contributed by atoms with Crippen molar-refractivity contribution in [3.05, 3.63) is 344 Å². The molecule has 0 bridgehead atoms. The third-order valence-electron chi connectivity index (χ3n) is 21.9. The third-order valence-corrected chi connectivity index (χ3v) is 26.7. The maximum Gasteiger partial charge on any atom is 0.268 e. The molecule has 13 aromatic carbocycles. The Morgan fingerprint density at radius 1 is 0.449 bits per heavy atom. The molecule has 16 aromatic rings. The number of hydrogen-bond acceptors (Lipinski definition) is 2. The Labute approximate surface area is 663 Å². The van der Waals surface area contributed by atoms with Crippen LogP contribution >= 0.6 is 0 Å². The van der Waals surface area contributed by atoms with Crippen molar-refractivity contribution in [3.63, 3.8) is 0 Å². The summed E-state index contributed by atoms with van der Waals surface area (Å²) in [6.07, 6.45) is 7.55. The van der Waals surface area contributed by atoms with Crippen molar-refractivity contribution in [2.75, 3.05) is 0 Å². The zero-order chi connectivity index (χ0) is 83.7.